The van der Waals surface area contributed by atoms with Crippen LogP contribution in [0.15, 0.2) is 29.4 Å². The molecule has 168 valence electrons. The Hall–Kier alpha value is -1.74. The lowest BCUT2D eigenvalue weighted by Gasteiger charge is -2.25. The quantitative estimate of drug-likeness (QED) is 0.368. The van der Waals surface area contributed by atoms with Gasteiger partial charge in [-0.15, -0.1) is 0 Å². The van der Waals surface area contributed by atoms with Gasteiger partial charge in [-0.25, -0.2) is 4.98 Å². The van der Waals surface area contributed by atoms with Crippen molar-refractivity contribution in [2.45, 2.75) is 69.8 Å². The molecule has 2 amide bonds. The lowest BCUT2D eigenvalue weighted by molar-refractivity contribution is -0.145. The minimum absolute atomic E-state index is 0.0163. The van der Waals surface area contributed by atoms with Gasteiger partial charge in [0.1, 0.15) is 5.03 Å². The average molecular weight is 456 g/mol. The summed E-state index contributed by atoms with van der Waals surface area (Å²) in [6.07, 6.45) is 2.32. The SMILES string of the molecule is COC(=O)C(C)CC(CC(SSc1ccccn1)C(=O)NC(C)C)C(=O)NC(C)C. The molecule has 0 aliphatic rings. The van der Waals surface area contributed by atoms with Crippen LogP contribution in [-0.4, -0.2) is 47.2 Å². The molecule has 0 aliphatic carbocycles. The van der Waals surface area contributed by atoms with Gasteiger partial charge in [0, 0.05) is 24.2 Å². The lowest BCUT2D eigenvalue weighted by atomic mass is 9.90. The number of nitrogens with one attached hydrogen (secondary N) is 2. The Bertz CT molecular complexity index is 686. The van der Waals surface area contributed by atoms with Crippen LogP contribution < -0.4 is 10.6 Å². The number of esters is 1. The lowest BCUT2D eigenvalue weighted by Crippen LogP contribution is -2.42. The van der Waals surface area contributed by atoms with E-state index >= 15 is 0 Å². The molecule has 9 heteroatoms. The van der Waals surface area contributed by atoms with Crippen molar-refractivity contribution in [2.24, 2.45) is 11.8 Å². The minimum Gasteiger partial charge on any atom is -0.469 e. The molecule has 0 radical (unpaired) electrons. The molecular formula is C21H33N3O4S2. The van der Waals surface area contributed by atoms with E-state index in [-0.39, 0.29) is 29.9 Å². The number of rotatable bonds is 12. The molecule has 0 saturated carbocycles. The number of pyridine rings is 1. The maximum Gasteiger partial charge on any atom is 0.308 e. The Morgan fingerprint density at radius 1 is 1.00 bits per heavy atom. The van der Waals surface area contributed by atoms with Gasteiger partial charge in [0.15, 0.2) is 0 Å². The summed E-state index contributed by atoms with van der Waals surface area (Å²) in [4.78, 5) is 41.9. The van der Waals surface area contributed by atoms with Gasteiger partial charge in [0.2, 0.25) is 11.8 Å². The summed E-state index contributed by atoms with van der Waals surface area (Å²) >= 11 is 0. The first kappa shape index (κ1) is 26.3. The highest BCUT2D eigenvalue weighted by Gasteiger charge is 2.31. The Kier molecular flexibility index (Phi) is 11.9. The Labute approximate surface area is 187 Å². The fourth-order valence-corrected chi connectivity index (χ4v) is 5.12. The second kappa shape index (κ2) is 13.5. The van der Waals surface area contributed by atoms with Crippen LogP contribution in [-0.2, 0) is 19.1 Å². The predicted molar refractivity (Wildman–Crippen MR) is 122 cm³/mol. The van der Waals surface area contributed by atoms with Gasteiger partial charge in [0.05, 0.1) is 18.3 Å². The number of aromatic nitrogens is 1. The molecule has 1 aromatic heterocycles. The second-order valence-corrected chi connectivity index (χ2v) is 10.2. The van der Waals surface area contributed by atoms with E-state index in [0.29, 0.717) is 12.8 Å². The topological polar surface area (TPSA) is 97.4 Å². The van der Waals surface area contributed by atoms with Crippen molar-refractivity contribution >= 4 is 39.4 Å². The molecule has 1 heterocycles. The van der Waals surface area contributed by atoms with E-state index in [2.05, 4.69) is 15.6 Å². The molecule has 0 fully saturated rings. The Morgan fingerprint density at radius 2 is 1.63 bits per heavy atom. The molecule has 1 aromatic rings. The molecule has 1 rings (SSSR count). The van der Waals surface area contributed by atoms with Crippen LogP contribution >= 0.6 is 21.6 Å². The monoisotopic (exact) mass is 455 g/mol. The van der Waals surface area contributed by atoms with Crippen LogP contribution in [0, 0.1) is 11.8 Å². The van der Waals surface area contributed by atoms with Crippen molar-refractivity contribution in [1.29, 1.82) is 0 Å². The van der Waals surface area contributed by atoms with Crippen molar-refractivity contribution < 1.29 is 19.1 Å². The summed E-state index contributed by atoms with van der Waals surface area (Å²) in [6, 6.07) is 5.54. The van der Waals surface area contributed by atoms with Gasteiger partial charge in [-0.05, 0) is 63.5 Å². The number of methoxy groups -OCH3 is 1. The van der Waals surface area contributed by atoms with Gasteiger partial charge in [0.25, 0.3) is 0 Å². The maximum atomic E-state index is 12.8. The van der Waals surface area contributed by atoms with Crippen LogP contribution in [0.25, 0.3) is 0 Å². The van der Waals surface area contributed by atoms with Crippen molar-refractivity contribution in [2.75, 3.05) is 7.11 Å². The smallest absolute Gasteiger partial charge is 0.308 e. The third-order valence-electron chi connectivity index (χ3n) is 4.15. The summed E-state index contributed by atoms with van der Waals surface area (Å²) in [7, 11) is 4.11. The molecule has 7 nitrogen and oxygen atoms in total. The molecule has 2 N–H and O–H groups in total. The van der Waals surface area contributed by atoms with E-state index in [4.69, 9.17) is 4.74 Å². The van der Waals surface area contributed by atoms with Crippen LogP contribution in [0.5, 0.6) is 0 Å². The number of carbonyl (C=O) groups excluding carboxylic acids is 3. The number of carbonyl (C=O) groups is 3. The zero-order valence-electron chi connectivity index (χ0n) is 18.5. The highest BCUT2D eigenvalue weighted by Crippen LogP contribution is 2.37. The highest BCUT2D eigenvalue weighted by atomic mass is 33.1. The fourth-order valence-electron chi connectivity index (χ4n) is 2.77. The summed E-state index contributed by atoms with van der Waals surface area (Å²) in [5.41, 5.74) is 0. The van der Waals surface area contributed by atoms with Gasteiger partial charge in [-0.1, -0.05) is 23.8 Å². The zero-order chi connectivity index (χ0) is 22.7. The van der Waals surface area contributed by atoms with E-state index in [1.54, 1.807) is 13.1 Å². The van der Waals surface area contributed by atoms with Gasteiger partial charge >= 0.3 is 5.97 Å². The number of hydrogen-bond acceptors (Lipinski definition) is 7. The van der Waals surface area contributed by atoms with Crippen molar-refractivity contribution in [3.8, 4) is 0 Å². The summed E-state index contributed by atoms with van der Waals surface area (Å²) in [5.74, 6) is -1.60. The van der Waals surface area contributed by atoms with Gasteiger partial charge in [-0.2, -0.15) is 0 Å². The highest BCUT2D eigenvalue weighted by molar-refractivity contribution is 8.77. The first-order chi connectivity index (χ1) is 14.1. The summed E-state index contributed by atoms with van der Waals surface area (Å²) in [6.45, 7) is 9.29. The van der Waals surface area contributed by atoms with Crippen LogP contribution in [0.4, 0.5) is 0 Å². The largest absolute Gasteiger partial charge is 0.469 e. The maximum absolute atomic E-state index is 12.8. The van der Waals surface area contributed by atoms with E-state index < -0.39 is 17.1 Å². The molecule has 0 aromatic carbocycles. The molecular weight excluding hydrogens is 422 g/mol. The molecule has 0 spiro atoms. The molecule has 0 saturated heterocycles. The summed E-state index contributed by atoms with van der Waals surface area (Å²) in [5, 5.41) is 6.16. The Balaban J connectivity index is 3.00. The number of amides is 2. The Morgan fingerprint density at radius 3 is 2.17 bits per heavy atom. The van der Waals surface area contributed by atoms with E-state index in [1.807, 2.05) is 45.9 Å². The number of nitrogens with zero attached hydrogens (tertiary/aromatic N) is 1. The van der Waals surface area contributed by atoms with E-state index in [0.717, 1.165) is 5.03 Å². The molecule has 30 heavy (non-hydrogen) atoms. The predicted octanol–water partition coefficient (Wildman–Crippen LogP) is 3.45. The van der Waals surface area contributed by atoms with Crippen molar-refractivity contribution in [1.82, 2.24) is 15.6 Å². The van der Waals surface area contributed by atoms with Crippen molar-refractivity contribution in [3.05, 3.63) is 24.4 Å². The van der Waals surface area contributed by atoms with Crippen LogP contribution in [0.2, 0.25) is 0 Å². The van der Waals surface area contributed by atoms with Crippen LogP contribution in [0.3, 0.4) is 0 Å². The molecule has 3 atom stereocenters. The zero-order valence-corrected chi connectivity index (χ0v) is 20.1. The third kappa shape index (κ3) is 9.84. The normalized spacial score (nSPS) is 14.1. The number of ether oxygens (including phenoxy) is 1. The average Bonchev–Trinajstić information content (AvgIpc) is 2.68. The van der Waals surface area contributed by atoms with Crippen LogP contribution in [0.1, 0.15) is 47.5 Å². The van der Waals surface area contributed by atoms with E-state index in [9.17, 15) is 14.4 Å². The van der Waals surface area contributed by atoms with Crippen molar-refractivity contribution in [3.63, 3.8) is 0 Å². The minimum atomic E-state index is -0.499. The first-order valence-electron chi connectivity index (χ1n) is 10.1. The first-order valence-corrected chi connectivity index (χ1v) is 12.3. The third-order valence-corrected chi connectivity index (χ3v) is 6.80. The second-order valence-electron chi connectivity index (χ2n) is 7.76. The molecule has 0 bridgehead atoms. The summed E-state index contributed by atoms with van der Waals surface area (Å²) < 4.78 is 4.82. The standard InChI is InChI=1S/C21H33N3O4S2/c1-13(2)23-19(25)16(11-15(5)21(27)28-6)12-17(20(26)24-14(3)4)29-30-18-9-7-8-10-22-18/h7-10,13-17H,11-12H2,1-6H3,(H,23,25)(H,24,26). The van der Waals surface area contributed by atoms with Gasteiger partial charge in [-0.3, -0.25) is 14.4 Å². The fraction of sp³-hybridized carbons (Fsp3) is 0.619. The van der Waals surface area contributed by atoms with E-state index in [1.165, 1.54) is 28.7 Å². The molecule has 3 unspecified atom stereocenters. The molecule has 0 aliphatic heterocycles. The van der Waals surface area contributed by atoms with Gasteiger partial charge < -0.3 is 15.4 Å². The number of hydrogen-bond donors (Lipinski definition) is 2.